The Labute approximate surface area is 150 Å². The summed E-state index contributed by atoms with van der Waals surface area (Å²) in [6.45, 7) is 9.17. The molecule has 0 aliphatic heterocycles. The van der Waals surface area contributed by atoms with Crippen LogP contribution in [0.5, 0.6) is 0 Å². The van der Waals surface area contributed by atoms with Gasteiger partial charge in [-0.2, -0.15) is 0 Å². The fourth-order valence-electron chi connectivity index (χ4n) is 1.92. The zero-order valence-corrected chi connectivity index (χ0v) is 16.1. The second-order valence-electron chi connectivity index (χ2n) is 6.27. The van der Waals surface area contributed by atoms with Crippen LogP contribution in [0, 0.1) is 0 Å². The lowest BCUT2D eigenvalue weighted by molar-refractivity contribution is -0.127. The Kier molecular flexibility index (Phi) is 12.8. The highest BCUT2D eigenvalue weighted by Gasteiger charge is 2.20. The molecule has 0 saturated heterocycles. The van der Waals surface area contributed by atoms with Gasteiger partial charge in [-0.05, 0) is 34.7 Å². The summed E-state index contributed by atoms with van der Waals surface area (Å²) in [5.41, 5.74) is 1.02. The van der Waals surface area contributed by atoms with Crippen LogP contribution in [0.4, 0.5) is 0 Å². The van der Waals surface area contributed by atoms with Gasteiger partial charge in [0.15, 0.2) is 0 Å². The van der Waals surface area contributed by atoms with Crippen LogP contribution >= 0.6 is 0 Å². The summed E-state index contributed by atoms with van der Waals surface area (Å²) >= 11 is 0. The normalized spacial score (nSPS) is 11.9. The predicted molar refractivity (Wildman–Crippen MR) is 96.5 cm³/mol. The quantitative estimate of drug-likeness (QED) is 0.369. The van der Waals surface area contributed by atoms with E-state index in [1.165, 1.54) is 13.8 Å². The molecule has 25 heavy (non-hydrogen) atoms. The summed E-state index contributed by atoms with van der Waals surface area (Å²) in [5.74, 6) is -0.178. The van der Waals surface area contributed by atoms with E-state index in [2.05, 4.69) is 5.32 Å². The van der Waals surface area contributed by atoms with E-state index >= 15 is 0 Å². The molecule has 0 aromatic carbocycles. The van der Waals surface area contributed by atoms with Gasteiger partial charge in [0.1, 0.15) is 17.6 Å². The monoisotopic (exact) mass is 356 g/mol. The fraction of sp³-hybridized carbons (Fsp3) is 0.722. The Morgan fingerprint density at radius 1 is 0.960 bits per heavy atom. The minimum Gasteiger partial charge on any atom is -0.379 e. The van der Waals surface area contributed by atoms with Crippen molar-refractivity contribution in [2.24, 2.45) is 0 Å². The predicted octanol–water partition coefficient (Wildman–Crippen LogP) is 0.971. The Hall–Kier alpha value is -1.57. The first-order chi connectivity index (χ1) is 11.7. The number of ketones is 2. The van der Waals surface area contributed by atoms with Crippen molar-refractivity contribution < 1.29 is 23.9 Å². The third kappa shape index (κ3) is 13.4. The third-order valence-corrected chi connectivity index (χ3v) is 3.31. The van der Waals surface area contributed by atoms with Crippen LogP contribution in [0.3, 0.4) is 0 Å². The Morgan fingerprint density at radius 3 is 2.08 bits per heavy atom. The molecule has 0 fully saturated rings. The molecular weight excluding hydrogens is 324 g/mol. The molecule has 0 aromatic rings. The van der Waals surface area contributed by atoms with Gasteiger partial charge in [-0.25, -0.2) is 0 Å². The van der Waals surface area contributed by atoms with Crippen molar-refractivity contribution in [3.8, 4) is 0 Å². The first-order valence-electron chi connectivity index (χ1n) is 8.51. The Balaban J connectivity index is 4.15. The van der Waals surface area contributed by atoms with E-state index < -0.39 is 6.04 Å². The number of allylic oxidation sites excluding steroid dienone is 1. The summed E-state index contributed by atoms with van der Waals surface area (Å²) in [5, 5.41) is 2.64. The van der Waals surface area contributed by atoms with Gasteiger partial charge in [0.05, 0.1) is 33.0 Å². The number of ether oxygens (including phenoxy) is 2. The fourth-order valence-corrected chi connectivity index (χ4v) is 1.92. The summed E-state index contributed by atoms with van der Waals surface area (Å²) in [4.78, 5) is 35.9. The van der Waals surface area contributed by atoms with Gasteiger partial charge in [0.25, 0.3) is 0 Å². The molecule has 7 nitrogen and oxygen atoms in total. The molecule has 0 saturated carbocycles. The molecule has 0 aliphatic carbocycles. The minimum absolute atomic E-state index is 0.0356. The molecule has 144 valence electrons. The summed E-state index contributed by atoms with van der Waals surface area (Å²) in [7, 11) is 1.84. The molecule has 1 unspecified atom stereocenters. The van der Waals surface area contributed by atoms with Gasteiger partial charge < -0.3 is 14.8 Å². The first kappa shape index (κ1) is 23.4. The molecular formula is C18H32N2O5. The van der Waals surface area contributed by atoms with Crippen molar-refractivity contribution in [1.29, 1.82) is 0 Å². The highest BCUT2D eigenvalue weighted by atomic mass is 16.5. The lowest BCUT2D eigenvalue weighted by Crippen LogP contribution is -2.46. The third-order valence-electron chi connectivity index (χ3n) is 3.31. The van der Waals surface area contributed by atoms with Crippen molar-refractivity contribution in [1.82, 2.24) is 10.2 Å². The van der Waals surface area contributed by atoms with Crippen molar-refractivity contribution in [3.05, 3.63) is 11.6 Å². The van der Waals surface area contributed by atoms with Crippen LogP contribution in [0.25, 0.3) is 0 Å². The molecule has 1 amide bonds. The van der Waals surface area contributed by atoms with Crippen LogP contribution in [-0.2, 0) is 23.9 Å². The van der Waals surface area contributed by atoms with E-state index in [0.717, 1.165) is 5.57 Å². The summed E-state index contributed by atoms with van der Waals surface area (Å²) in [6, 6.07) is -0.445. The number of hydrogen-bond acceptors (Lipinski definition) is 6. The molecule has 0 aromatic heterocycles. The van der Waals surface area contributed by atoms with Crippen LogP contribution in [0.15, 0.2) is 11.6 Å². The smallest absolute Gasteiger partial charge is 0.241 e. The molecule has 1 atom stereocenters. The standard InChI is InChI=1S/C18H32N2O5/c1-14(2)12-17(18(23)19-13-16(4)22)20(5)7-9-25-11-10-24-8-6-15(3)21/h12,17H,6-11,13H2,1-5H3,(H,19,23). The molecule has 1 N–H and O–H groups in total. The molecule has 7 heteroatoms. The summed E-state index contributed by atoms with van der Waals surface area (Å²) < 4.78 is 10.8. The maximum atomic E-state index is 12.2. The number of carbonyl (C=O) groups is 3. The molecule has 0 heterocycles. The maximum Gasteiger partial charge on any atom is 0.241 e. The highest BCUT2D eigenvalue weighted by molar-refractivity contribution is 5.88. The Bertz CT molecular complexity index is 458. The van der Waals surface area contributed by atoms with Gasteiger partial charge in [-0.3, -0.25) is 19.3 Å². The van der Waals surface area contributed by atoms with Crippen molar-refractivity contribution in [3.63, 3.8) is 0 Å². The van der Waals surface area contributed by atoms with E-state index in [0.29, 0.717) is 39.4 Å². The van der Waals surface area contributed by atoms with Gasteiger partial charge in [0, 0.05) is 13.0 Å². The topological polar surface area (TPSA) is 84.9 Å². The van der Waals surface area contributed by atoms with Gasteiger partial charge in [-0.15, -0.1) is 0 Å². The zero-order chi connectivity index (χ0) is 19.2. The molecule has 0 bridgehead atoms. The number of Topliss-reactive ketones (excluding diaryl/α,β-unsaturated/α-hetero) is 2. The number of hydrogen-bond donors (Lipinski definition) is 1. The molecule has 0 aliphatic rings. The molecule has 0 spiro atoms. The Morgan fingerprint density at radius 2 is 1.56 bits per heavy atom. The van der Waals surface area contributed by atoms with E-state index in [1.54, 1.807) is 0 Å². The molecule has 0 radical (unpaired) electrons. The van der Waals surface area contributed by atoms with Gasteiger partial charge in [0.2, 0.25) is 5.91 Å². The number of nitrogens with one attached hydrogen (secondary N) is 1. The van der Waals surface area contributed by atoms with Crippen LogP contribution < -0.4 is 5.32 Å². The number of likely N-dealkylation sites (N-methyl/N-ethyl adjacent to an activating group) is 1. The van der Waals surface area contributed by atoms with Crippen LogP contribution in [0.1, 0.15) is 34.1 Å². The van der Waals surface area contributed by atoms with Crippen LogP contribution in [-0.4, -0.2) is 75.0 Å². The van der Waals surface area contributed by atoms with E-state index in [4.69, 9.17) is 9.47 Å². The van der Waals surface area contributed by atoms with Gasteiger partial charge in [-0.1, -0.05) is 11.6 Å². The van der Waals surface area contributed by atoms with Gasteiger partial charge >= 0.3 is 0 Å². The van der Waals surface area contributed by atoms with E-state index in [-0.39, 0.29) is 24.0 Å². The average Bonchev–Trinajstić information content (AvgIpc) is 2.52. The largest absolute Gasteiger partial charge is 0.379 e. The molecule has 0 rings (SSSR count). The number of carbonyl (C=O) groups excluding carboxylic acids is 3. The zero-order valence-electron chi connectivity index (χ0n) is 16.1. The summed E-state index contributed by atoms with van der Waals surface area (Å²) in [6.07, 6.45) is 2.28. The first-order valence-corrected chi connectivity index (χ1v) is 8.51. The second kappa shape index (κ2) is 13.7. The second-order valence-corrected chi connectivity index (χ2v) is 6.27. The van der Waals surface area contributed by atoms with Crippen LogP contribution in [0.2, 0.25) is 0 Å². The lowest BCUT2D eigenvalue weighted by atomic mass is 10.1. The number of rotatable bonds is 14. The lowest BCUT2D eigenvalue weighted by Gasteiger charge is -2.25. The van der Waals surface area contributed by atoms with E-state index in [1.807, 2.05) is 31.9 Å². The van der Waals surface area contributed by atoms with E-state index in [9.17, 15) is 14.4 Å². The minimum atomic E-state index is -0.445. The highest BCUT2D eigenvalue weighted by Crippen LogP contribution is 2.03. The number of amides is 1. The SMILES string of the molecule is CC(=O)CCOCCOCCN(C)C(C=C(C)C)C(=O)NCC(C)=O. The average molecular weight is 356 g/mol. The number of nitrogens with zero attached hydrogens (tertiary/aromatic N) is 1. The van der Waals surface area contributed by atoms with Crippen molar-refractivity contribution in [2.75, 3.05) is 46.6 Å². The maximum absolute atomic E-state index is 12.2. The van der Waals surface area contributed by atoms with Crippen molar-refractivity contribution >= 4 is 17.5 Å². The van der Waals surface area contributed by atoms with Crippen molar-refractivity contribution in [2.45, 2.75) is 40.2 Å².